The summed E-state index contributed by atoms with van der Waals surface area (Å²) in [5, 5.41) is 1.29. The van der Waals surface area contributed by atoms with E-state index in [9.17, 15) is 0 Å². The first-order valence-corrected chi connectivity index (χ1v) is 4.64. The van der Waals surface area contributed by atoms with Crippen molar-refractivity contribution in [3.05, 3.63) is 30.2 Å². The molecule has 2 heteroatoms. The quantitative estimate of drug-likeness (QED) is 0.603. The van der Waals surface area contributed by atoms with Crippen LogP contribution in [0, 0.1) is 6.92 Å². The van der Waals surface area contributed by atoms with E-state index in [1.807, 2.05) is 39.4 Å². The monoisotopic (exact) mass is 176 g/mol. The third-order valence-electron chi connectivity index (χ3n) is 1.99. The van der Waals surface area contributed by atoms with Crippen molar-refractivity contribution < 1.29 is 0 Å². The molecule has 2 heterocycles. The van der Waals surface area contributed by atoms with Crippen molar-refractivity contribution in [3.8, 4) is 0 Å². The highest BCUT2D eigenvalue weighted by Gasteiger charge is 1.99. The molecule has 0 aliphatic carbocycles. The van der Waals surface area contributed by atoms with Crippen LogP contribution < -0.4 is 0 Å². The van der Waals surface area contributed by atoms with Crippen molar-refractivity contribution in [2.24, 2.45) is 7.05 Å². The fourth-order valence-electron chi connectivity index (χ4n) is 1.43. The maximum atomic E-state index is 4.07. The Morgan fingerprint density at radius 1 is 1.31 bits per heavy atom. The third kappa shape index (κ3) is 1.72. The third-order valence-corrected chi connectivity index (χ3v) is 1.99. The predicted molar refractivity (Wildman–Crippen MR) is 56.8 cm³/mol. The fraction of sp³-hybridized carbons (Fsp3) is 0.364. The van der Waals surface area contributed by atoms with Crippen molar-refractivity contribution in [1.29, 1.82) is 0 Å². The van der Waals surface area contributed by atoms with Gasteiger partial charge in [-0.3, -0.25) is 4.98 Å². The van der Waals surface area contributed by atoms with Gasteiger partial charge in [-0.15, -0.1) is 0 Å². The first kappa shape index (κ1) is 9.78. The van der Waals surface area contributed by atoms with Crippen LogP contribution in [0.3, 0.4) is 0 Å². The molecule has 0 saturated heterocycles. The molecule has 0 bridgehead atoms. The molecular formula is C11H16N2. The largest absolute Gasteiger partial charge is 0.349 e. The van der Waals surface area contributed by atoms with E-state index >= 15 is 0 Å². The lowest BCUT2D eigenvalue weighted by atomic mass is 10.2. The number of hydrogen-bond donors (Lipinski definition) is 0. The zero-order chi connectivity index (χ0) is 9.84. The van der Waals surface area contributed by atoms with E-state index in [-0.39, 0.29) is 0 Å². The molecule has 0 spiro atoms. The summed E-state index contributed by atoms with van der Waals surface area (Å²) in [6, 6.07) is 2.05. The number of rotatable bonds is 0. The Hall–Kier alpha value is -1.31. The van der Waals surface area contributed by atoms with Crippen LogP contribution in [-0.2, 0) is 7.05 Å². The number of fused-ring (bicyclic) bond motifs is 1. The van der Waals surface area contributed by atoms with Gasteiger partial charge in [0.2, 0.25) is 0 Å². The normalized spacial score (nSPS) is 9.54. The van der Waals surface area contributed by atoms with Gasteiger partial charge in [0.05, 0.1) is 11.7 Å². The maximum Gasteiger partial charge on any atom is 0.0666 e. The summed E-state index contributed by atoms with van der Waals surface area (Å²) in [5.41, 5.74) is 2.51. The first-order chi connectivity index (χ1) is 6.29. The molecule has 2 aromatic rings. The zero-order valence-electron chi connectivity index (χ0n) is 8.70. The summed E-state index contributed by atoms with van der Waals surface area (Å²) < 4.78 is 2.09. The van der Waals surface area contributed by atoms with Crippen LogP contribution in [0.4, 0.5) is 0 Å². The lowest BCUT2D eigenvalue weighted by molar-refractivity contribution is 0.960. The Bertz CT molecular complexity index is 352. The lowest BCUT2D eigenvalue weighted by Gasteiger charge is -1.91. The van der Waals surface area contributed by atoms with Crippen LogP contribution in [0.25, 0.3) is 10.9 Å². The Morgan fingerprint density at radius 3 is 2.62 bits per heavy atom. The van der Waals surface area contributed by atoms with Crippen molar-refractivity contribution in [2.75, 3.05) is 0 Å². The molecule has 0 amide bonds. The SMILES string of the molecule is CC.Cc1cn(C)c2cnccc12. The summed E-state index contributed by atoms with van der Waals surface area (Å²) in [5.74, 6) is 0. The summed E-state index contributed by atoms with van der Waals surface area (Å²) in [6.07, 6.45) is 5.84. The molecule has 0 fully saturated rings. The fourth-order valence-corrected chi connectivity index (χ4v) is 1.43. The second kappa shape index (κ2) is 4.08. The summed E-state index contributed by atoms with van der Waals surface area (Å²) in [7, 11) is 2.04. The molecule has 2 nitrogen and oxygen atoms in total. The molecule has 0 aliphatic heterocycles. The van der Waals surface area contributed by atoms with Gasteiger partial charge in [-0.05, 0) is 18.6 Å². The van der Waals surface area contributed by atoms with E-state index in [0.29, 0.717) is 0 Å². The van der Waals surface area contributed by atoms with Crippen molar-refractivity contribution in [2.45, 2.75) is 20.8 Å². The summed E-state index contributed by atoms with van der Waals surface area (Å²) >= 11 is 0. The van der Waals surface area contributed by atoms with E-state index in [0.717, 1.165) is 0 Å². The minimum atomic E-state index is 1.20. The van der Waals surface area contributed by atoms with E-state index in [1.54, 1.807) is 0 Å². The number of pyridine rings is 1. The highest BCUT2D eigenvalue weighted by Crippen LogP contribution is 2.17. The van der Waals surface area contributed by atoms with E-state index in [1.165, 1.54) is 16.5 Å². The molecule has 0 radical (unpaired) electrons. The summed E-state index contributed by atoms with van der Waals surface area (Å²) in [4.78, 5) is 4.07. The second-order valence-corrected chi connectivity index (χ2v) is 2.82. The number of aromatic nitrogens is 2. The predicted octanol–water partition coefficient (Wildman–Crippen LogP) is 2.91. The van der Waals surface area contributed by atoms with Crippen LogP contribution in [-0.4, -0.2) is 9.55 Å². The van der Waals surface area contributed by atoms with Crippen LogP contribution in [0.1, 0.15) is 19.4 Å². The van der Waals surface area contributed by atoms with E-state index in [2.05, 4.69) is 22.7 Å². The number of aryl methyl sites for hydroxylation is 2. The van der Waals surface area contributed by atoms with Gasteiger partial charge in [-0.2, -0.15) is 0 Å². The molecule has 2 aromatic heterocycles. The van der Waals surface area contributed by atoms with Gasteiger partial charge in [-0.1, -0.05) is 13.8 Å². The minimum absolute atomic E-state index is 1.20. The topological polar surface area (TPSA) is 17.8 Å². The highest BCUT2D eigenvalue weighted by atomic mass is 14.9. The average Bonchev–Trinajstić information content (AvgIpc) is 2.47. The van der Waals surface area contributed by atoms with Crippen LogP contribution in [0.5, 0.6) is 0 Å². The van der Waals surface area contributed by atoms with Gasteiger partial charge < -0.3 is 4.57 Å². The molecule has 0 unspecified atom stereocenters. The molecule has 0 atom stereocenters. The Labute approximate surface area is 79.2 Å². The number of hydrogen-bond acceptors (Lipinski definition) is 1. The van der Waals surface area contributed by atoms with Gasteiger partial charge in [-0.25, -0.2) is 0 Å². The second-order valence-electron chi connectivity index (χ2n) is 2.82. The van der Waals surface area contributed by atoms with Gasteiger partial charge >= 0.3 is 0 Å². The Balaban J connectivity index is 0.000000396. The maximum absolute atomic E-state index is 4.07. The highest BCUT2D eigenvalue weighted by molar-refractivity contribution is 5.82. The molecule has 13 heavy (non-hydrogen) atoms. The molecule has 0 N–H and O–H groups in total. The first-order valence-electron chi connectivity index (χ1n) is 4.64. The Morgan fingerprint density at radius 2 is 2.00 bits per heavy atom. The molecule has 0 aliphatic rings. The number of nitrogens with zero attached hydrogens (tertiary/aromatic N) is 2. The molecule has 0 aromatic carbocycles. The van der Waals surface area contributed by atoms with Gasteiger partial charge in [0.15, 0.2) is 0 Å². The Kier molecular flexibility index (Phi) is 3.07. The van der Waals surface area contributed by atoms with Gasteiger partial charge in [0.25, 0.3) is 0 Å². The van der Waals surface area contributed by atoms with Gasteiger partial charge in [0, 0.05) is 24.8 Å². The lowest BCUT2D eigenvalue weighted by Crippen LogP contribution is -1.83. The molecular weight excluding hydrogens is 160 g/mol. The summed E-state index contributed by atoms with van der Waals surface area (Å²) in [6.45, 7) is 6.11. The van der Waals surface area contributed by atoms with Crippen molar-refractivity contribution in [1.82, 2.24) is 9.55 Å². The minimum Gasteiger partial charge on any atom is -0.349 e. The van der Waals surface area contributed by atoms with E-state index < -0.39 is 0 Å². The standard InChI is InChI=1S/C9H10N2.C2H6/c1-7-6-11(2)9-5-10-4-3-8(7)9;1-2/h3-6H,1-2H3;1-2H3. The van der Waals surface area contributed by atoms with Crippen molar-refractivity contribution >= 4 is 10.9 Å². The zero-order valence-corrected chi connectivity index (χ0v) is 8.70. The van der Waals surface area contributed by atoms with Crippen molar-refractivity contribution in [3.63, 3.8) is 0 Å². The molecule has 70 valence electrons. The molecule has 0 saturated carbocycles. The van der Waals surface area contributed by atoms with Crippen LogP contribution in [0.15, 0.2) is 24.7 Å². The van der Waals surface area contributed by atoms with Crippen LogP contribution in [0.2, 0.25) is 0 Å². The average molecular weight is 176 g/mol. The van der Waals surface area contributed by atoms with Gasteiger partial charge in [0.1, 0.15) is 0 Å². The smallest absolute Gasteiger partial charge is 0.0666 e. The van der Waals surface area contributed by atoms with Crippen LogP contribution >= 0.6 is 0 Å². The molecule has 2 rings (SSSR count). The van der Waals surface area contributed by atoms with E-state index in [4.69, 9.17) is 0 Å².